The monoisotopic (exact) mass is 589 g/mol. The normalized spacial score (nSPS) is 29.1. The number of aliphatic hydroxyl groups is 3. The molecule has 2 heterocycles. The van der Waals surface area contributed by atoms with Gasteiger partial charge in [-0.05, 0) is 91.2 Å². The number of nitrogens with zero attached hydrogens (tertiary/aromatic N) is 1. The largest absolute Gasteiger partial charge is 0.492 e. The van der Waals surface area contributed by atoms with Gasteiger partial charge in [-0.3, -0.25) is 4.90 Å². The van der Waals surface area contributed by atoms with Crippen LogP contribution in [0.1, 0.15) is 53.4 Å². The highest BCUT2D eigenvalue weighted by atomic mass is 16.7. The zero-order valence-corrected chi connectivity index (χ0v) is 24.0. The van der Waals surface area contributed by atoms with Crippen molar-refractivity contribution in [3.05, 3.63) is 95.1 Å². The molecule has 3 aliphatic rings. The van der Waals surface area contributed by atoms with E-state index >= 15 is 0 Å². The number of likely N-dealkylation sites (tertiary alicyclic amines) is 1. The second-order valence-electron chi connectivity index (χ2n) is 11.7. The molecule has 9 nitrogen and oxygen atoms in total. The Hall–Kier alpha value is -3.47. The molecule has 3 aromatic rings. The molecule has 0 saturated carbocycles. The maximum Gasteiger partial charge on any atom is 0.335 e. The molecule has 0 bridgehead atoms. The fourth-order valence-corrected chi connectivity index (χ4v) is 6.69. The summed E-state index contributed by atoms with van der Waals surface area (Å²) in [5, 5.41) is 40.0. The SMILES string of the molecule is O=C(O)C1O[C@@H](Oc2ccc3c(c2)CC[C@H](c2ccccc2)[C@@H]3c2ccc(OCCN3CCCC3)cc2)[C@@H](O)[C@@H](O)[C@@H]1O. The van der Waals surface area contributed by atoms with Crippen LogP contribution < -0.4 is 9.47 Å². The van der Waals surface area contributed by atoms with Gasteiger partial charge >= 0.3 is 5.97 Å². The Kier molecular flexibility index (Phi) is 8.97. The predicted octanol–water partition coefficient (Wildman–Crippen LogP) is 3.29. The van der Waals surface area contributed by atoms with Gasteiger partial charge in [0.05, 0.1) is 0 Å². The van der Waals surface area contributed by atoms with Gasteiger partial charge in [-0.2, -0.15) is 0 Å². The van der Waals surface area contributed by atoms with Gasteiger partial charge in [0.2, 0.25) is 6.29 Å². The van der Waals surface area contributed by atoms with Crippen LogP contribution in [0.25, 0.3) is 0 Å². The average Bonchev–Trinajstić information content (AvgIpc) is 3.55. The molecular formula is C34H39NO8. The van der Waals surface area contributed by atoms with Crippen LogP contribution in [0.4, 0.5) is 0 Å². The average molecular weight is 590 g/mol. The fraction of sp³-hybridized carbons (Fsp3) is 0.441. The van der Waals surface area contributed by atoms with Crippen molar-refractivity contribution in [2.45, 2.75) is 68.2 Å². The maximum atomic E-state index is 11.5. The van der Waals surface area contributed by atoms with Gasteiger partial charge in [-0.1, -0.05) is 48.5 Å². The van der Waals surface area contributed by atoms with Crippen molar-refractivity contribution in [2.75, 3.05) is 26.2 Å². The van der Waals surface area contributed by atoms with Crippen LogP contribution in [0.5, 0.6) is 11.5 Å². The number of ether oxygens (including phenoxy) is 3. The third-order valence-electron chi connectivity index (χ3n) is 8.98. The number of carboxylic acid groups (broad SMARTS) is 1. The molecule has 43 heavy (non-hydrogen) atoms. The van der Waals surface area contributed by atoms with Crippen LogP contribution >= 0.6 is 0 Å². The number of fused-ring (bicyclic) bond motifs is 1. The summed E-state index contributed by atoms with van der Waals surface area (Å²) in [5.41, 5.74) is 4.71. The topological polar surface area (TPSA) is 129 Å². The lowest BCUT2D eigenvalue weighted by atomic mass is 9.69. The molecule has 0 radical (unpaired) electrons. The Morgan fingerprint density at radius 1 is 0.860 bits per heavy atom. The van der Waals surface area contributed by atoms with E-state index in [0.717, 1.165) is 43.8 Å². The molecule has 4 N–H and O–H groups in total. The van der Waals surface area contributed by atoms with Gasteiger partial charge in [0.15, 0.2) is 6.10 Å². The van der Waals surface area contributed by atoms with E-state index in [1.54, 1.807) is 6.07 Å². The van der Waals surface area contributed by atoms with Gasteiger partial charge < -0.3 is 34.6 Å². The van der Waals surface area contributed by atoms with Crippen molar-refractivity contribution in [3.63, 3.8) is 0 Å². The number of aryl methyl sites for hydroxylation is 1. The van der Waals surface area contributed by atoms with Gasteiger partial charge in [0, 0.05) is 12.5 Å². The van der Waals surface area contributed by atoms with Crippen molar-refractivity contribution in [1.29, 1.82) is 0 Å². The Morgan fingerprint density at radius 2 is 1.58 bits per heavy atom. The van der Waals surface area contributed by atoms with Gasteiger partial charge in [-0.25, -0.2) is 4.79 Å². The van der Waals surface area contributed by atoms with E-state index in [9.17, 15) is 25.2 Å². The highest BCUT2D eigenvalue weighted by Crippen LogP contribution is 2.47. The first-order valence-corrected chi connectivity index (χ1v) is 15.1. The van der Waals surface area contributed by atoms with Crippen LogP contribution in [-0.4, -0.2) is 88.2 Å². The first kappa shape index (κ1) is 29.6. The Bertz CT molecular complexity index is 1380. The second kappa shape index (κ2) is 13.0. The number of aliphatic hydroxyl groups excluding tert-OH is 3. The third-order valence-corrected chi connectivity index (χ3v) is 8.98. The summed E-state index contributed by atoms with van der Waals surface area (Å²) in [7, 11) is 0. The molecular weight excluding hydrogens is 550 g/mol. The van der Waals surface area contributed by atoms with Crippen LogP contribution in [-0.2, 0) is 16.0 Å². The summed E-state index contributed by atoms with van der Waals surface area (Å²) in [4.78, 5) is 13.9. The summed E-state index contributed by atoms with van der Waals surface area (Å²) in [6.45, 7) is 3.92. The maximum absolute atomic E-state index is 11.5. The van der Waals surface area contributed by atoms with E-state index in [-0.39, 0.29) is 11.8 Å². The lowest BCUT2D eigenvalue weighted by Crippen LogP contribution is -2.61. The van der Waals surface area contributed by atoms with Gasteiger partial charge in [-0.15, -0.1) is 0 Å². The summed E-state index contributed by atoms with van der Waals surface area (Å²) >= 11 is 0. The summed E-state index contributed by atoms with van der Waals surface area (Å²) in [6, 6.07) is 24.6. The van der Waals surface area contributed by atoms with Crippen LogP contribution in [0.15, 0.2) is 72.8 Å². The van der Waals surface area contributed by atoms with Crippen molar-refractivity contribution in [2.24, 2.45) is 0 Å². The molecule has 0 aromatic heterocycles. The smallest absolute Gasteiger partial charge is 0.335 e. The highest BCUT2D eigenvalue weighted by molar-refractivity contribution is 5.73. The Labute approximate surface area is 251 Å². The van der Waals surface area contributed by atoms with Crippen molar-refractivity contribution < 1.29 is 39.4 Å². The molecule has 2 fully saturated rings. The van der Waals surface area contributed by atoms with Crippen LogP contribution in [0.3, 0.4) is 0 Å². The number of rotatable bonds is 9. The van der Waals surface area contributed by atoms with E-state index < -0.39 is 36.7 Å². The molecule has 9 heteroatoms. The van der Waals surface area contributed by atoms with Crippen molar-refractivity contribution in [3.8, 4) is 11.5 Å². The second-order valence-corrected chi connectivity index (χ2v) is 11.7. The molecule has 0 amide bonds. The van der Waals surface area contributed by atoms with Crippen molar-refractivity contribution in [1.82, 2.24) is 4.90 Å². The zero-order valence-electron chi connectivity index (χ0n) is 24.0. The first-order valence-electron chi connectivity index (χ1n) is 15.1. The van der Waals surface area contributed by atoms with E-state index in [1.165, 1.54) is 29.5 Å². The first-order chi connectivity index (χ1) is 20.9. The molecule has 1 aliphatic carbocycles. The highest BCUT2D eigenvalue weighted by Gasteiger charge is 2.48. The number of carboxylic acids is 1. The minimum absolute atomic E-state index is 0.0868. The van der Waals surface area contributed by atoms with Crippen LogP contribution in [0, 0.1) is 0 Å². The van der Waals surface area contributed by atoms with Gasteiger partial charge in [0.25, 0.3) is 0 Å². The zero-order chi connectivity index (χ0) is 29.9. The number of aliphatic carboxylic acids is 1. The van der Waals surface area contributed by atoms with E-state index in [2.05, 4.69) is 41.3 Å². The summed E-state index contributed by atoms with van der Waals surface area (Å²) in [6.07, 6.45) is -4.04. The fourth-order valence-electron chi connectivity index (χ4n) is 6.69. The molecule has 2 aliphatic heterocycles. The number of hydrogen-bond acceptors (Lipinski definition) is 8. The minimum Gasteiger partial charge on any atom is -0.492 e. The van der Waals surface area contributed by atoms with Crippen LogP contribution in [0.2, 0.25) is 0 Å². The quantitative estimate of drug-likeness (QED) is 0.297. The molecule has 6 rings (SSSR count). The molecule has 0 spiro atoms. The summed E-state index contributed by atoms with van der Waals surface area (Å²) in [5.74, 6) is 0.143. The lowest BCUT2D eigenvalue weighted by molar-refractivity contribution is -0.271. The number of carbonyl (C=O) groups is 1. The summed E-state index contributed by atoms with van der Waals surface area (Å²) < 4.78 is 17.2. The Balaban J connectivity index is 1.23. The van der Waals surface area contributed by atoms with Crippen molar-refractivity contribution >= 4 is 5.97 Å². The molecule has 228 valence electrons. The molecule has 3 aromatic carbocycles. The molecule has 1 unspecified atom stereocenters. The van der Waals surface area contributed by atoms with E-state index in [1.807, 2.05) is 30.3 Å². The standard InChI is InChI=1S/C34H39NO8/c36-29-30(37)32(33(39)40)43-34(31(29)38)42-25-13-15-27-23(20-25)10-14-26(21-6-2-1-3-7-21)28(27)22-8-11-24(12-9-22)41-19-18-35-16-4-5-17-35/h1-3,6-9,11-13,15,20,26,28-32,34,36-38H,4-5,10,14,16-19H2,(H,39,40)/t26-,28+,29+,30+,31+,32?,34-/m1/s1. The lowest BCUT2D eigenvalue weighted by Gasteiger charge is -2.39. The predicted molar refractivity (Wildman–Crippen MR) is 158 cm³/mol. The van der Waals surface area contributed by atoms with E-state index in [4.69, 9.17) is 14.2 Å². The number of hydrogen-bond donors (Lipinski definition) is 4. The minimum atomic E-state index is -1.77. The molecule has 7 atom stereocenters. The molecule has 2 saturated heterocycles. The number of benzene rings is 3. The van der Waals surface area contributed by atoms with Gasteiger partial charge in [0.1, 0.15) is 36.4 Å². The van der Waals surface area contributed by atoms with E-state index in [0.29, 0.717) is 12.4 Å². The third kappa shape index (κ3) is 6.41. The Morgan fingerprint density at radius 3 is 2.30 bits per heavy atom.